The Kier molecular flexibility index (Phi) is 6.08. The first-order valence-corrected chi connectivity index (χ1v) is 12.2. The van der Waals surface area contributed by atoms with Gasteiger partial charge in [0.25, 0.3) is 5.69 Å². The fraction of sp³-hybridized carbons (Fsp3) is 0.300. The molecule has 2 aliphatic rings. The number of benzene rings is 1. The SMILES string of the molecule is O=C(CCN1C(=O)[C@H]2CC=CC[C@@H]2C1=O)Nc1ncc(S(=O)(=O)c2ccc([N+](=O)[O-])cc2)s1. The van der Waals surface area contributed by atoms with Gasteiger partial charge in [-0.1, -0.05) is 23.5 Å². The number of sulfone groups is 1. The number of carbonyl (C=O) groups is 3. The van der Waals surface area contributed by atoms with Gasteiger partial charge in [-0.15, -0.1) is 0 Å². The molecule has 1 aromatic heterocycles. The van der Waals surface area contributed by atoms with Gasteiger partial charge in [-0.3, -0.25) is 29.4 Å². The summed E-state index contributed by atoms with van der Waals surface area (Å²) in [4.78, 5) is 52.2. The van der Waals surface area contributed by atoms with E-state index in [0.29, 0.717) is 12.8 Å². The molecule has 0 radical (unpaired) electrons. The lowest BCUT2D eigenvalue weighted by atomic mass is 9.85. The summed E-state index contributed by atoms with van der Waals surface area (Å²) in [6, 6.07) is 4.43. The van der Waals surface area contributed by atoms with E-state index in [1.807, 2.05) is 12.2 Å². The molecule has 11 nitrogen and oxygen atoms in total. The number of fused-ring (bicyclic) bond motifs is 1. The molecular formula is C20H18N4O7S2. The van der Waals surface area contributed by atoms with E-state index < -0.39 is 20.7 Å². The normalized spacial score (nSPS) is 20.1. The van der Waals surface area contributed by atoms with Gasteiger partial charge in [0, 0.05) is 25.1 Å². The van der Waals surface area contributed by atoms with Crippen molar-refractivity contribution < 1.29 is 27.7 Å². The average molecular weight is 491 g/mol. The zero-order valence-corrected chi connectivity index (χ0v) is 18.7. The molecule has 1 aliphatic carbocycles. The number of carbonyl (C=O) groups excluding carboxylic acids is 3. The Bertz CT molecular complexity index is 1240. The molecule has 0 spiro atoms. The maximum Gasteiger partial charge on any atom is 0.269 e. The Morgan fingerprint density at radius 1 is 1.15 bits per heavy atom. The number of anilines is 1. The van der Waals surface area contributed by atoms with E-state index in [-0.39, 0.29) is 56.5 Å². The number of non-ortho nitro benzene ring substituents is 1. The van der Waals surface area contributed by atoms with Gasteiger partial charge < -0.3 is 5.32 Å². The standard InChI is InChI=1S/C20H18N4O7S2/c25-16(9-10-23-18(26)14-3-1-2-4-15(14)19(23)27)22-20-21-11-17(32-20)33(30,31)13-7-5-12(6-8-13)24(28)29/h1-2,5-8,11,14-15H,3-4,9-10H2,(H,21,22,25)/t14-,15-/m0/s1. The molecule has 1 N–H and O–H groups in total. The van der Waals surface area contributed by atoms with Crippen LogP contribution in [0.1, 0.15) is 19.3 Å². The number of rotatable bonds is 7. The van der Waals surface area contributed by atoms with Crippen LogP contribution in [0, 0.1) is 22.0 Å². The van der Waals surface area contributed by atoms with Crippen molar-refractivity contribution in [3.8, 4) is 0 Å². The van der Waals surface area contributed by atoms with Crippen molar-refractivity contribution >= 4 is 49.7 Å². The monoisotopic (exact) mass is 490 g/mol. The first kappa shape index (κ1) is 22.7. The molecule has 33 heavy (non-hydrogen) atoms. The second-order valence-electron chi connectivity index (χ2n) is 7.52. The largest absolute Gasteiger partial charge is 0.302 e. The van der Waals surface area contributed by atoms with Crippen molar-refractivity contribution in [2.24, 2.45) is 11.8 Å². The van der Waals surface area contributed by atoms with Crippen LogP contribution in [0.4, 0.5) is 10.8 Å². The number of amides is 3. The smallest absolute Gasteiger partial charge is 0.269 e. The summed E-state index contributed by atoms with van der Waals surface area (Å²) in [7, 11) is -3.97. The molecule has 3 amide bonds. The molecule has 2 atom stereocenters. The van der Waals surface area contributed by atoms with E-state index in [0.717, 1.165) is 46.7 Å². The van der Waals surface area contributed by atoms with Crippen LogP contribution >= 0.6 is 11.3 Å². The third-order valence-electron chi connectivity index (χ3n) is 5.51. The number of nitrogens with zero attached hydrogens (tertiary/aromatic N) is 3. The molecule has 13 heteroatoms. The summed E-state index contributed by atoms with van der Waals surface area (Å²) in [5.74, 6) is -1.79. The number of nitro groups is 1. The lowest BCUT2D eigenvalue weighted by Gasteiger charge is -2.14. The molecular weight excluding hydrogens is 472 g/mol. The molecule has 1 fully saturated rings. The van der Waals surface area contributed by atoms with E-state index in [4.69, 9.17) is 0 Å². The van der Waals surface area contributed by atoms with Crippen LogP contribution in [0.25, 0.3) is 0 Å². The van der Waals surface area contributed by atoms with Crippen LogP contribution in [0.15, 0.2) is 51.7 Å². The summed E-state index contributed by atoms with van der Waals surface area (Å²) in [6.07, 6.45) is 5.74. The van der Waals surface area contributed by atoms with Crippen LogP contribution in [0.3, 0.4) is 0 Å². The highest BCUT2D eigenvalue weighted by molar-refractivity contribution is 7.93. The number of thiazole rings is 1. The van der Waals surface area contributed by atoms with Gasteiger partial charge >= 0.3 is 0 Å². The highest BCUT2D eigenvalue weighted by atomic mass is 32.2. The van der Waals surface area contributed by atoms with Crippen molar-refractivity contribution in [2.75, 3.05) is 11.9 Å². The van der Waals surface area contributed by atoms with E-state index in [1.54, 1.807) is 0 Å². The second-order valence-corrected chi connectivity index (χ2v) is 10.7. The van der Waals surface area contributed by atoms with Crippen molar-refractivity contribution in [1.82, 2.24) is 9.88 Å². The predicted molar refractivity (Wildman–Crippen MR) is 116 cm³/mol. The molecule has 1 saturated heterocycles. The molecule has 172 valence electrons. The Morgan fingerprint density at radius 3 is 2.33 bits per heavy atom. The summed E-state index contributed by atoms with van der Waals surface area (Å²) >= 11 is 0.728. The summed E-state index contributed by atoms with van der Waals surface area (Å²) in [5, 5.41) is 13.3. The second kappa shape index (κ2) is 8.83. The highest BCUT2D eigenvalue weighted by Gasteiger charge is 2.46. The number of imide groups is 1. The Hall–Kier alpha value is -3.45. The number of likely N-dealkylation sites (tertiary alicyclic amines) is 1. The lowest BCUT2D eigenvalue weighted by molar-refractivity contribution is -0.384. The van der Waals surface area contributed by atoms with Crippen LogP contribution in [0.2, 0.25) is 0 Å². The quantitative estimate of drug-likeness (QED) is 0.268. The molecule has 1 aliphatic heterocycles. The minimum atomic E-state index is -3.97. The molecule has 2 heterocycles. The molecule has 0 saturated carbocycles. The predicted octanol–water partition coefficient (Wildman–Crippen LogP) is 2.16. The van der Waals surface area contributed by atoms with E-state index in [9.17, 15) is 32.9 Å². The lowest BCUT2D eigenvalue weighted by Crippen LogP contribution is -2.34. The minimum absolute atomic E-state index is 0.0393. The van der Waals surface area contributed by atoms with Crippen LogP contribution in [-0.4, -0.2) is 47.5 Å². The number of aromatic nitrogens is 1. The van der Waals surface area contributed by atoms with Crippen molar-refractivity contribution in [2.45, 2.75) is 28.4 Å². The first-order chi connectivity index (χ1) is 15.7. The van der Waals surface area contributed by atoms with Gasteiger partial charge in [0.15, 0.2) is 5.13 Å². The number of hydrogen-bond acceptors (Lipinski definition) is 9. The maximum absolute atomic E-state index is 12.7. The van der Waals surface area contributed by atoms with Crippen molar-refractivity contribution in [3.63, 3.8) is 0 Å². The molecule has 0 unspecified atom stereocenters. The molecule has 1 aromatic carbocycles. The van der Waals surface area contributed by atoms with Gasteiger partial charge in [0.1, 0.15) is 4.21 Å². The average Bonchev–Trinajstić information content (AvgIpc) is 3.36. The van der Waals surface area contributed by atoms with Gasteiger partial charge in [-0.05, 0) is 25.0 Å². The number of nitro benzene ring substituents is 1. The Labute approximate surface area is 192 Å². The third kappa shape index (κ3) is 4.41. The summed E-state index contributed by atoms with van der Waals surface area (Å²) < 4.78 is 25.3. The topological polar surface area (TPSA) is 157 Å². The molecule has 4 rings (SSSR count). The Morgan fingerprint density at radius 2 is 1.76 bits per heavy atom. The number of hydrogen-bond donors (Lipinski definition) is 1. The minimum Gasteiger partial charge on any atom is -0.302 e. The molecule has 2 aromatic rings. The third-order valence-corrected chi connectivity index (χ3v) is 8.66. The van der Waals surface area contributed by atoms with Gasteiger partial charge in [0.2, 0.25) is 27.6 Å². The first-order valence-electron chi connectivity index (χ1n) is 9.94. The van der Waals surface area contributed by atoms with Crippen molar-refractivity contribution in [1.29, 1.82) is 0 Å². The van der Waals surface area contributed by atoms with E-state index in [1.165, 1.54) is 0 Å². The van der Waals surface area contributed by atoms with Gasteiger partial charge in [-0.2, -0.15) is 0 Å². The highest BCUT2D eigenvalue weighted by Crippen LogP contribution is 2.35. The fourth-order valence-corrected chi connectivity index (χ4v) is 6.24. The van der Waals surface area contributed by atoms with Crippen LogP contribution < -0.4 is 5.32 Å². The Balaban J connectivity index is 1.37. The zero-order chi connectivity index (χ0) is 23.8. The van der Waals surface area contributed by atoms with Crippen LogP contribution in [-0.2, 0) is 24.2 Å². The van der Waals surface area contributed by atoms with Crippen molar-refractivity contribution in [3.05, 3.63) is 52.7 Å². The molecule has 0 bridgehead atoms. The number of allylic oxidation sites excluding steroid dienone is 2. The van der Waals surface area contributed by atoms with Gasteiger partial charge in [-0.25, -0.2) is 13.4 Å². The maximum atomic E-state index is 12.7. The summed E-state index contributed by atoms with van der Waals surface area (Å²) in [5.41, 5.74) is -0.239. The summed E-state index contributed by atoms with van der Waals surface area (Å²) in [6.45, 7) is -0.0597. The van der Waals surface area contributed by atoms with Crippen LogP contribution in [0.5, 0.6) is 0 Å². The zero-order valence-electron chi connectivity index (χ0n) is 17.0. The van der Waals surface area contributed by atoms with E-state index in [2.05, 4.69) is 10.3 Å². The van der Waals surface area contributed by atoms with Gasteiger partial charge in [0.05, 0.1) is 27.9 Å². The number of nitrogens with one attached hydrogen (secondary N) is 1. The fourth-order valence-electron chi connectivity index (χ4n) is 3.79. The van der Waals surface area contributed by atoms with E-state index >= 15 is 0 Å².